The van der Waals surface area contributed by atoms with Crippen molar-refractivity contribution >= 4 is 45.1 Å². The molecule has 0 saturated carbocycles. The van der Waals surface area contributed by atoms with Crippen molar-refractivity contribution in [2.75, 3.05) is 11.5 Å². The third kappa shape index (κ3) is 3.30. The third-order valence-corrected chi connectivity index (χ3v) is 6.45. The Kier molecular flexibility index (Phi) is 4.27. The number of hydrogen-bond acceptors (Lipinski definition) is 6. The summed E-state index contributed by atoms with van der Waals surface area (Å²) in [7, 11) is 0. The number of anilines is 1. The molecular formula is C16H21N3O2S2. The average molecular weight is 351 g/mol. The predicted octanol–water partition coefficient (Wildman–Crippen LogP) is 3.60. The van der Waals surface area contributed by atoms with E-state index in [2.05, 4.69) is 30.7 Å². The number of aliphatic carboxylic acids is 1. The van der Waals surface area contributed by atoms with Gasteiger partial charge in [-0.05, 0) is 36.2 Å². The van der Waals surface area contributed by atoms with E-state index >= 15 is 0 Å². The Labute approximate surface area is 143 Å². The van der Waals surface area contributed by atoms with Gasteiger partial charge in [-0.1, -0.05) is 32.5 Å². The number of thioether (sulfide) groups is 1. The molecule has 0 aliphatic heterocycles. The summed E-state index contributed by atoms with van der Waals surface area (Å²) in [5.74, 6) is 0.214. The summed E-state index contributed by atoms with van der Waals surface area (Å²) in [6, 6.07) is 0. The van der Waals surface area contributed by atoms with E-state index in [9.17, 15) is 4.79 Å². The number of aromatic nitrogens is 2. The quantitative estimate of drug-likeness (QED) is 0.649. The molecule has 0 spiro atoms. The number of carboxylic acid groups (broad SMARTS) is 1. The van der Waals surface area contributed by atoms with Gasteiger partial charge in [0.15, 0.2) is 5.16 Å². The molecule has 7 heteroatoms. The van der Waals surface area contributed by atoms with Crippen molar-refractivity contribution in [1.82, 2.24) is 9.97 Å². The van der Waals surface area contributed by atoms with E-state index in [1.807, 2.05) is 0 Å². The lowest BCUT2D eigenvalue weighted by atomic mass is 9.72. The summed E-state index contributed by atoms with van der Waals surface area (Å²) in [6.45, 7) is 6.89. The molecule has 0 bridgehead atoms. The van der Waals surface area contributed by atoms with Crippen molar-refractivity contribution < 1.29 is 9.90 Å². The fourth-order valence-corrected chi connectivity index (χ4v) is 5.05. The lowest BCUT2D eigenvalue weighted by Gasteiger charge is -2.33. The molecule has 0 radical (unpaired) electrons. The van der Waals surface area contributed by atoms with Gasteiger partial charge in [-0.15, -0.1) is 11.3 Å². The number of carbonyl (C=O) groups is 1. The van der Waals surface area contributed by atoms with Crippen LogP contribution in [0, 0.1) is 11.3 Å². The number of hydrogen-bond donors (Lipinski definition) is 2. The standard InChI is InChI=1S/C16H21N3O2S2/c1-16(2,3)8-4-5-9-10(6-8)23-14-12(9)13(17)18-15(19-14)22-7-11(20)21/h8H,4-7H2,1-3H3,(H,20,21)(H2,17,18,19)/t8-/m1/s1. The summed E-state index contributed by atoms with van der Waals surface area (Å²) in [6.07, 6.45) is 3.25. The van der Waals surface area contributed by atoms with Crippen LogP contribution in [0.2, 0.25) is 0 Å². The fourth-order valence-electron chi connectivity index (χ4n) is 3.12. The Morgan fingerprint density at radius 3 is 2.83 bits per heavy atom. The van der Waals surface area contributed by atoms with Crippen molar-refractivity contribution in [2.24, 2.45) is 11.3 Å². The molecule has 23 heavy (non-hydrogen) atoms. The normalized spacial score (nSPS) is 18.1. The van der Waals surface area contributed by atoms with Crippen LogP contribution in [0.4, 0.5) is 5.82 Å². The Hall–Kier alpha value is -1.34. The number of aryl methyl sites for hydroxylation is 1. The van der Waals surface area contributed by atoms with Gasteiger partial charge in [0.05, 0.1) is 11.1 Å². The molecule has 1 aliphatic carbocycles. The average Bonchev–Trinajstić information content (AvgIpc) is 2.81. The topological polar surface area (TPSA) is 89.1 Å². The molecule has 0 amide bonds. The summed E-state index contributed by atoms with van der Waals surface area (Å²) in [5.41, 5.74) is 7.75. The van der Waals surface area contributed by atoms with Gasteiger partial charge >= 0.3 is 5.97 Å². The second-order valence-electron chi connectivity index (χ2n) is 7.06. The van der Waals surface area contributed by atoms with Crippen LogP contribution in [0.1, 0.15) is 37.6 Å². The first-order chi connectivity index (χ1) is 10.8. The highest BCUT2D eigenvalue weighted by molar-refractivity contribution is 7.99. The van der Waals surface area contributed by atoms with Crippen LogP contribution >= 0.6 is 23.1 Å². The summed E-state index contributed by atoms with van der Waals surface area (Å²) >= 11 is 2.80. The van der Waals surface area contributed by atoms with Gasteiger partial charge in [-0.25, -0.2) is 9.97 Å². The SMILES string of the molecule is CC(C)(C)[C@@H]1CCc2c(sc3nc(SCC(=O)O)nc(N)c23)C1. The lowest BCUT2D eigenvalue weighted by Crippen LogP contribution is -2.26. The predicted molar refractivity (Wildman–Crippen MR) is 95.2 cm³/mol. The molecule has 2 heterocycles. The van der Waals surface area contributed by atoms with Gasteiger partial charge in [0.1, 0.15) is 10.6 Å². The third-order valence-electron chi connectivity index (χ3n) is 4.47. The monoisotopic (exact) mass is 351 g/mol. The Morgan fingerprint density at radius 1 is 1.43 bits per heavy atom. The van der Waals surface area contributed by atoms with Crippen molar-refractivity contribution in [3.05, 3.63) is 10.4 Å². The van der Waals surface area contributed by atoms with Gasteiger partial charge in [0.2, 0.25) is 0 Å². The maximum atomic E-state index is 10.7. The van der Waals surface area contributed by atoms with E-state index < -0.39 is 5.97 Å². The molecule has 124 valence electrons. The van der Waals surface area contributed by atoms with E-state index in [0.717, 1.165) is 41.2 Å². The molecule has 2 aromatic rings. The van der Waals surface area contributed by atoms with Gasteiger partial charge in [-0.2, -0.15) is 0 Å². The Morgan fingerprint density at radius 2 is 2.17 bits per heavy atom. The first kappa shape index (κ1) is 16.5. The van der Waals surface area contributed by atoms with Crippen LogP contribution in [-0.2, 0) is 17.6 Å². The van der Waals surface area contributed by atoms with Crippen LogP contribution in [-0.4, -0.2) is 26.8 Å². The van der Waals surface area contributed by atoms with Crippen LogP contribution < -0.4 is 5.73 Å². The first-order valence-electron chi connectivity index (χ1n) is 7.68. The van der Waals surface area contributed by atoms with Gasteiger partial charge in [-0.3, -0.25) is 4.79 Å². The zero-order valence-corrected chi connectivity index (χ0v) is 15.2. The number of rotatable bonds is 3. The smallest absolute Gasteiger partial charge is 0.313 e. The highest BCUT2D eigenvalue weighted by Crippen LogP contribution is 2.44. The lowest BCUT2D eigenvalue weighted by molar-refractivity contribution is -0.133. The van der Waals surface area contributed by atoms with E-state index in [1.165, 1.54) is 10.4 Å². The van der Waals surface area contributed by atoms with Crippen LogP contribution in [0.5, 0.6) is 0 Å². The van der Waals surface area contributed by atoms with E-state index in [4.69, 9.17) is 10.8 Å². The zero-order valence-electron chi connectivity index (χ0n) is 13.5. The molecule has 1 atom stereocenters. The minimum Gasteiger partial charge on any atom is -0.481 e. The minimum absolute atomic E-state index is 0.0534. The molecule has 3 N–H and O–H groups in total. The van der Waals surface area contributed by atoms with Gasteiger partial charge < -0.3 is 10.8 Å². The molecule has 0 unspecified atom stereocenters. The zero-order chi connectivity index (χ0) is 16.8. The number of fused-ring (bicyclic) bond motifs is 3. The van der Waals surface area contributed by atoms with E-state index in [-0.39, 0.29) is 5.75 Å². The maximum Gasteiger partial charge on any atom is 0.313 e. The molecule has 0 saturated heterocycles. The highest BCUT2D eigenvalue weighted by Gasteiger charge is 2.31. The summed E-state index contributed by atoms with van der Waals surface area (Å²) in [5, 5.41) is 10.2. The maximum absolute atomic E-state index is 10.7. The molecular weight excluding hydrogens is 330 g/mol. The van der Waals surface area contributed by atoms with E-state index in [0.29, 0.717) is 22.3 Å². The molecule has 1 aliphatic rings. The van der Waals surface area contributed by atoms with Crippen LogP contribution in [0.15, 0.2) is 5.16 Å². The van der Waals surface area contributed by atoms with Crippen molar-refractivity contribution in [1.29, 1.82) is 0 Å². The highest BCUT2D eigenvalue weighted by atomic mass is 32.2. The van der Waals surface area contributed by atoms with Crippen molar-refractivity contribution in [2.45, 2.75) is 45.2 Å². The molecule has 5 nitrogen and oxygen atoms in total. The number of carboxylic acids is 1. The number of thiophene rings is 1. The number of nitrogens with zero attached hydrogens (tertiary/aromatic N) is 2. The van der Waals surface area contributed by atoms with Crippen LogP contribution in [0.3, 0.4) is 0 Å². The molecule has 2 aromatic heterocycles. The van der Waals surface area contributed by atoms with E-state index in [1.54, 1.807) is 11.3 Å². The largest absolute Gasteiger partial charge is 0.481 e. The Bertz CT molecular complexity index is 765. The Balaban J connectivity index is 1.97. The molecule has 0 fully saturated rings. The van der Waals surface area contributed by atoms with Crippen LogP contribution in [0.25, 0.3) is 10.2 Å². The summed E-state index contributed by atoms with van der Waals surface area (Å²) < 4.78 is 0. The van der Waals surface area contributed by atoms with Gasteiger partial charge in [0, 0.05) is 4.88 Å². The molecule has 0 aromatic carbocycles. The first-order valence-corrected chi connectivity index (χ1v) is 9.48. The van der Waals surface area contributed by atoms with Crippen molar-refractivity contribution in [3.8, 4) is 0 Å². The number of nitrogens with two attached hydrogens (primary N) is 1. The second-order valence-corrected chi connectivity index (χ2v) is 9.09. The number of nitrogen functional groups attached to an aromatic ring is 1. The minimum atomic E-state index is -0.879. The van der Waals surface area contributed by atoms with Crippen molar-refractivity contribution in [3.63, 3.8) is 0 Å². The summed E-state index contributed by atoms with van der Waals surface area (Å²) in [4.78, 5) is 21.8. The second kappa shape index (κ2) is 5.94. The van der Waals surface area contributed by atoms with Gasteiger partial charge in [0.25, 0.3) is 0 Å². The molecule has 3 rings (SSSR count). The fraction of sp³-hybridized carbons (Fsp3) is 0.562.